The van der Waals surface area contributed by atoms with Crippen molar-refractivity contribution in [3.8, 4) is 0 Å². The number of hydrogen-bond donors (Lipinski definition) is 2. The fourth-order valence-corrected chi connectivity index (χ4v) is 1.89. The van der Waals surface area contributed by atoms with Crippen LogP contribution < -0.4 is 0 Å². The number of hydrogen-bond acceptors (Lipinski definition) is 2. The standard InChI is InChI=1S/C18H30O3/c1-2-3-11-14-17(19)15-12-9-7-5-4-6-8-10-13-16-18(20)21/h7,9,11-12,14-15,17,19H,2-6,8,10,13,16H2,1H3,(H,20,21)/b9-7-,14-11-,15-12+/t17-/m0/s1. The monoisotopic (exact) mass is 294 g/mol. The summed E-state index contributed by atoms with van der Waals surface area (Å²) < 4.78 is 0. The van der Waals surface area contributed by atoms with E-state index in [0.717, 1.165) is 51.4 Å². The van der Waals surface area contributed by atoms with Crippen LogP contribution in [0.1, 0.15) is 64.7 Å². The molecule has 21 heavy (non-hydrogen) atoms. The van der Waals surface area contributed by atoms with Gasteiger partial charge >= 0.3 is 5.97 Å². The van der Waals surface area contributed by atoms with Gasteiger partial charge in [0.2, 0.25) is 0 Å². The molecule has 0 fully saturated rings. The van der Waals surface area contributed by atoms with E-state index in [-0.39, 0.29) is 0 Å². The average molecular weight is 294 g/mol. The second-order valence-electron chi connectivity index (χ2n) is 5.22. The largest absolute Gasteiger partial charge is 0.481 e. The summed E-state index contributed by atoms with van der Waals surface area (Å²) in [6.45, 7) is 2.11. The molecule has 0 aromatic rings. The van der Waals surface area contributed by atoms with E-state index in [1.54, 1.807) is 6.08 Å². The molecule has 0 unspecified atom stereocenters. The minimum atomic E-state index is -0.698. The highest BCUT2D eigenvalue weighted by Gasteiger charge is 1.95. The van der Waals surface area contributed by atoms with E-state index in [2.05, 4.69) is 13.0 Å². The molecule has 0 amide bonds. The van der Waals surface area contributed by atoms with Crippen LogP contribution in [0.15, 0.2) is 36.5 Å². The SMILES string of the molecule is CCC/C=C\[C@H](O)/C=C/C=C\CCCCCCCC(=O)O. The van der Waals surface area contributed by atoms with Crippen molar-refractivity contribution in [2.24, 2.45) is 0 Å². The number of aliphatic hydroxyl groups is 1. The van der Waals surface area contributed by atoms with E-state index in [1.165, 1.54) is 0 Å². The van der Waals surface area contributed by atoms with Crippen LogP contribution in [0.3, 0.4) is 0 Å². The maximum Gasteiger partial charge on any atom is 0.303 e. The molecule has 0 aromatic heterocycles. The Labute approximate surface area is 129 Å². The fourth-order valence-electron chi connectivity index (χ4n) is 1.89. The Kier molecular flexibility index (Phi) is 14.1. The van der Waals surface area contributed by atoms with Gasteiger partial charge in [0.15, 0.2) is 0 Å². The third-order valence-corrected chi connectivity index (χ3v) is 3.11. The lowest BCUT2D eigenvalue weighted by Crippen LogP contribution is -1.94. The highest BCUT2D eigenvalue weighted by Crippen LogP contribution is 2.07. The molecule has 0 aliphatic carbocycles. The molecule has 1 atom stereocenters. The smallest absolute Gasteiger partial charge is 0.303 e. The lowest BCUT2D eigenvalue weighted by atomic mass is 10.1. The maximum absolute atomic E-state index is 10.3. The van der Waals surface area contributed by atoms with Crippen molar-refractivity contribution >= 4 is 5.97 Å². The van der Waals surface area contributed by atoms with E-state index in [0.29, 0.717) is 6.42 Å². The molecule has 0 bridgehead atoms. The first-order valence-electron chi connectivity index (χ1n) is 8.06. The molecule has 0 spiro atoms. The molecule has 2 N–H and O–H groups in total. The van der Waals surface area contributed by atoms with Crippen molar-refractivity contribution in [1.82, 2.24) is 0 Å². The molecule has 0 rings (SSSR count). The number of rotatable bonds is 13. The topological polar surface area (TPSA) is 57.5 Å². The predicted octanol–water partition coefficient (Wildman–Crippen LogP) is 4.63. The van der Waals surface area contributed by atoms with E-state index < -0.39 is 12.1 Å². The van der Waals surface area contributed by atoms with E-state index in [4.69, 9.17) is 5.11 Å². The quantitative estimate of drug-likeness (QED) is 0.296. The molecule has 0 radical (unpaired) electrons. The number of aliphatic carboxylic acids is 1. The zero-order valence-corrected chi connectivity index (χ0v) is 13.2. The van der Waals surface area contributed by atoms with Crippen LogP contribution in [-0.4, -0.2) is 22.3 Å². The van der Waals surface area contributed by atoms with Crippen molar-refractivity contribution in [2.45, 2.75) is 70.8 Å². The minimum Gasteiger partial charge on any atom is -0.481 e. The second kappa shape index (κ2) is 15.0. The molecule has 0 aromatic carbocycles. The van der Waals surface area contributed by atoms with Crippen molar-refractivity contribution in [2.75, 3.05) is 0 Å². The molecule has 0 heterocycles. The van der Waals surface area contributed by atoms with Gasteiger partial charge in [-0.15, -0.1) is 0 Å². The average Bonchev–Trinajstić information content (AvgIpc) is 2.44. The van der Waals surface area contributed by atoms with Gasteiger partial charge in [0.1, 0.15) is 0 Å². The summed E-state index contributed by atoms with van der Waals surface area (Å²) in [4.78, 5) is 10.3. The first-order chi connectivity index (χ1) is 10.2. The first-order valence-corrected chi connectivity index (χ1v) is 8.06. The molecule has 3 nitrogen and oxygen atoms in total. The van der Waals surface area contributed by atoms with E-state index in [9.17, 15) is 9.90 Å². The van der Waals surface area contributed by atoms with Crippen LogP contribution in [0.2, 0.25) is 0 Å². The highest BCUT2D eigenvalue weighted by atomic mass is 16.4. The molecule has 3 heteroatoms. The summed E-state index contributed by atoms with van der Waals surface area (Å²) in [5.74, 6) is -0.698. The summed E-state index contributed by atoms with van der Waals surface area (Å²) in [7, 11) is 0. The molecular formula is C18H30O3. The Morgan fingerprint density at radius 1 is 0.952 bits per heavy atom. The van der Waals surface area contributed by atoms with Crippen LogP contribution in [0.4, 0.5) is 0 Å². The summed E-state index contributed by atoms with van der Waals surface area (Å²) >= 11 is 0. The number of carbonyl (C=O) groups is 1. The van der Waals surface area contributed by atoms with Crippen LogP contribution in [0, 0.1) is 0 Å². The zero-order valence-electron chi connectivity index (χ0n) is 13.2. The third-order valence-electron chi connectivity index (χ3n) is 3.11. The molecule has 0 saturated heterocycles. The Hall–Kier alpha value is -1.35. The van der Waals surface area contributed by atoms with E-state index >= 15 is 0 Å². The van der Waals surface area contributed by atoms with Gasteiger partial charge < -0.3 is 10.2 Å². The zero-order chi connectivity index (χ0) is 15.8. The van der Waals surface area contributed by atoms with Crippen LogP contribution in [0.25, 0.3) is 0 Å². The number of unbranched alkanes of at least 4 members (excludes halogenated alkanes) is 6. The molecule has 0 aliphatic rings. The number of aliphatic hydroxyl groups excluding tert-OH is 1. The van der Waals surface area contributed by atoms with Gasteiger partial charge in [-0.2, -0.15) is 0 Å². The summed E-state index contributed by atoms with van der Waals surface area (Å²) in [6, 6.07) is 0. The van der Waals surface area contributed by atoms with Gasteiger partial charge in [0.05, 0.1) is 6.10 Å². The second-order valence-corrected chi connectivity index (χ2v) is 5.22. The van der Waals surface area contributed by atoms with Gasteiger partial charge in [-0.25, -0.2) is 0 Å². The van der Waals surface area contributed by atoms with Gasteiger partial charge in [0, 0.05) is 6.42 Å². The normalized spacial score (nSPS) is 13.6. The van der Waals surface area contributed by atoms with Gasteiger partial charge in [-0.3, -0.25) is 4.79 Å². The summed E-state index contributed by atoms with van der Waals surface area (Å²) in [5.41, 5.74) is 0. The minimum absolute atomic E-state index is 0.291. The molecule has 120 valence electrons. The molecule has 0 aliphatic heterocycles. The fraction of sp³-hybridized carbons (Fsp3) is 0.611. The Bertz CT molecular complexity index is 329. The summed E-state index contributed by atoms with van der Waals surface area (Å²) in [6.07, 6.45) is 19.7. The Morgan fingerprint density at radius 3 is 2.38 bits per heavy atom. The third kappa shape index (κ3) is 16.6. The molecular weight excluding hydrogens is 264 g/mol. The highest BCUT2D eigenvalue weighted by molar-refractivity contribution is 5.66. The van der Waals surface area contributed by atoms with Crippen LogP contribution >= 0.6 is 0 Å². The predicted molar refractivity (Wildman–Crippen MR) is 88.3 cm³/mol. The van der Waals surface area contributed by atoms with Gasteiger partial charge in [0.25, 0.3) is 0 Å². The number of carboxylic acid groups (broad SMARTS) is 1. The van der Waals surface area contributed by atoms with Crippen molar-refractivity contribution < 1.29 is 15.0 Å². The van der Waals surface area contributed by atoms with Crippen molar-refractivity contribution in [3.05, 3.63) is 36.5 Å². The molecule has 0 saturated carbocycles. The van der Waals surface area contributed by atoms with Crippen LogP contribution in [0.5, 0.6) is 0 Å². The first kappa shape index (κ1) is 19.7. The maximum atomic E-state index is 10.3. The van der Waals surface area contributed by atoms with E-state index in [1.807, 2.05) is 24.3 Å². The van der Waals surface area contributed by atoms with Gasteiger partial charge in [-0.05, 0) is 25.7 Å². The van der Waals surface area contributed by atoms with Crippen LogP contribution in [-0.2, 0) is 4.79 Å². The lowest BCUT2D eigenvalue weighted by Gasteiger charge is -1.98. The number of carboxylic acids is 1. The summed E-state index contributed by atoms with van der Waals surface area (Å²) in [5, 5.41) is 18.1. The Morgan fingerprint density at radius 2 is 1.67 bits per heavy atom. The lowest BCUT2D eigenvalue weighted by molar-refractivity contribution is -0.137. The van der Waals surface area contributed by atoms with Gasteiger partial charge in [-0.1, -0.05) is 69.1 Å². The Balaban J connectivity index is 3.45. The van der Waals surface area contributed by atoms with Crippen molar-refractivity contribution in [3.63, 3.8) is 0 Å². The number of allylic oxidation sites excluding steroid dienone is 4. The van der Waals surface area contributed by atoms with Crippen molar-refractivity contribution in [1.29, 1.82) is 0 Å².